The van der Waals surface area contributed by atoms with Gasteiger partial charge in [0.25, 0.3) is 0 Å². The minimum atomic E-state index is -0.145. The van der Waals surface area contributed by atoms with Gasteiger partial charge in [-0.25, -0.2) is 4.98 Å². The highest BCUT2D eigenvalue weighted by atomic mass is 16.5. The van der Waals surface area contributed by atoms with E-state index in [0.29, 0.717) is 24.7 Å². The van der Waals surface area contributed by atoms with E-state index in [4.69, 9.17) is 9.47 Å². The van der Waals surface area contributed by atoms with Crippen LogP contribution < -0.4 is 19.7 Å². The van der Waals surface area contributed by atoms with Crippen LogP contribution in [0.3, 0.4) is 0 Å². The molecule has 1 aromatic carbocycles. The summed E-state index contributed by atoms with van der Waals surface area (Å²) >= 11 is 0. The van der Waals surface area contributed by atoms with Gasteiger partial charge in [0.05, 0.1) is 13.7 Å². The molecule has 6 nitrogen and oxygen atoms in total. The second kappa shape index (κ2) is 9.78. The molecule has 148 valence electrons. The van der Waals surface area contributed by atoms with Crippen LogP contribution >= 0.6 is 0 Å². The number of rotatable bonds is 8. The first kappa shape index (κ1) is 19.7. The number of anilines is 1. The Labute approximate surface area is 166 Å². The first-order valence-corrected chi connectivity index (χ1v) is 9.66. The van der Waals surface area contributed by atoms with E-state index < -0.39 is 0 Å². The number of ether oxygens (including phenoxy) is 2. The number of hydrogen-bond donors (Lipinski definition) is 1. The molecule has 3 rings (SSSR count). The number of nitrogens with one attached hydrogen (secondary N) is 1. The van der Waals surface area contributed by atoms with E-state index >= 15 is 0 Å². The summed E-state index contributed by atoms with van der Waals surface area (Å²) in [6.07, 6.45) is 7.52. The van der Waals surface area contributed by atoms with Crippen molar-refractivity contribution in [2.45, 2.75) is 26.3 Å². The molecule has 2 heterocycles. The average Bonchev–Trinajstić information content (AvgIpc) is 3.26. The number of hydrogen-bond acceptors (Lipinski definition) is 5. The van der Waals surface area contributed by atoms with Crippen molar-refractivity contribution >= 4 is 17.8 Å². The molecule has 0 bridgehead atoms. The zero-order chi connectivity index (χ0) is 19.8. The maximum Gasteiger partial charge on any atom is 0.244 e. The Morgan fingerprint density at radius 3 is 2.79 bits per heavy atom. The summed E-state index contributed by atoms with van der Waals surface area (Å²) in [6.45, 7) is 5.05. The first-order valence-electron chi connectivity index (χ1n) is 9.66. The Morgan fingerprint density at radius 1 is 1.21 bits per heavy atom. The summed E-state index contributed by atoms with van der Waals surface area (Å²) in [4.78, 5) is 18.9. The molecule has 1 aliphatic rings. The Kier molecular flexibility index (Phi) is 6.89. The highest BCUT2D eigenvalue weighted by Gasteiger charge is 2.13. The van der Waals surface area contributed by atoms with Crippen molar-refractivity contribution in [3.05, 3.63) is 53.7 Å². The van der Waals surface area contributed by atoms with Crippen LogP contribution in [0.1, 0.15) is 30.9 Å². The van der Waals surface area contributed by atoms with Crippen molar-refractivity contribution in [1.29, 1.82) is 0 Å². The molecule has 28 heavy (non-hydrogen) atoms. The molecule has 0 saturated carbocycles. The number of benzene rings is 1. The molecule has 1 aliphatic heterocycles. The molecule has 6 heteroatoms. The zero-order valence-corrected chi connectivity index (χ0v) is 16.5. The predicted octanol–water partition coefficient (Wildman–Crippen LogP) is 3.42. The molecule has 2 aromatic rings. The van der Waals surface area contributed by atoms with Gasteiger partial charge >= 0.3 is 0 Å². The Morgan fingerprint density at radius 2 is 2.04 bits per heavy atom. The fourth-order valence-electron chi connectivity index (χ4n) is 3.17. The van der Waals surface area contributed by atoms with Crippen LogP contribution in [0.4, 0.5) is 5.82 Å². The van der Waals surface area contributed by atoms with Crippen LogP contribution in [0.5, 0.6) is 11.5 Å². The summed E-state index contributed by atoms with van der Waals surface area (Å²) in [6, 6.07) is 9.56. The van der Waals surface area contributed by atoms with Crippen LogP contribution in [0.2, 0.25) is 0 Å². The number of nitrogens with zero attached hydrogens (tertiary/aromatic N) is 2. The van der Waals surface area contributed by atoms with Crippen molar-refractivity contribution in [3.63, 3.8) is 0 Å². The highest BCUT2D eigenvalue weighted by molar-refractivity contribution is 5.91. The largest absolute Gasteiger partial charge is 0.493 e. The number of carbonyl (C=O) groups excluding carboxylic acids is 1. The third kappa shape index (κ3) is 5.25. The normalized spacial score (nSPS) is 13.7. The molecule has 0 radical (unpaired) electrons. The highest BCUT2D eigenvalue weighted by Crippen LogP contribution is 2.28. The molecule has 1 fully saturated rings. The zero-order valence-electron chi connectivity index (χ0n) is 16.5. The lowest BCUT2D eigenvalue weighted by atomic mass is 10.2. The van der Waals surface area contributed by atoms with Crippen molar-refractivity contribution in [3.8, 4) is 11.5 Å². The average molecular weight is 381 g/mol. The molecular weight excluding hydrogens is 354 g/mol. The lowest BCUT2D eigenvalue weighted by molar-refractivity contribution is -0.116. The molecule has 0 spiro atoms. The van der Waals surface area contributed by atoms with Gasteiger partial charge in [-0.2, -0.15) is 0 Å². The molecule has 1 aromatic heterocycles. The predicted molar refractivity (Wildman–Crippen MR) is 111 cm³/mol. The third-order valence-electron chi connectivity index (χ3n) is 4.62. The van der Waals surface area contributed by atoms with Crippen LogP contribution in [0.15, 0.2) is 42.6 Å². The van der Waals surface area contributed by atoms with E-state index in [1.807, 2.05) is 37.3 Å². The minimum absolute atomic E-state index is 0.145. The fraction of sp³-hybridized carbons (Fsp3) is 0.364. The van der Waals surface area contributed by atoms with Gasteiger partial charge in [-0.05, 0) is 61.2 Å². The lowest BCUT2D eigenvalue weighted by Crippen LogP contribution is -2.22. The van der Waals surface area contributed by atoms with Gasteiger partial charge in [-0.3, -0.25) is 4.79 Å². The molecular formula is C22H27N3O3. The maximum absolute atomic E-state index is 12.2. The van der Waals surface area contributed by atoms with E-state index in [0.717, 1.165) is 30.0 Å². The van der Waals surface area contributed by atoms with Gasteiger partial charge in [-0.1, -0.05) is 6.07 Å². The van der Waals surface area contributed by atoms with Gasteiger partial charge in [0.1, 0.15) is 5.82 Å². The van der Waals surface area contributed by atoms with Crippen molar-refractivity contribution in [2.24, 2.45) is 0 Å². The summed E-state index contributed by atoms with van der Waals surface area (Å²) in [5.41, 5.74) is 1.92. The van der Waals surface area contributed by atoms with Crippen molar-refractivity contribution in [1.82, 2.24) is 10.3 Å². The van der Waals surface area contributed by atoms with E-state index in [2.05, 4.69) is 15.2 Å². The topological polar surface area (TPSA) is 63.7 Å². The van der Waals surface area contributed by atoms with Gasteiger partial charge in [0, 0.05) is 31.9 Å². The van der Waals surface area contributed by atoms with Crippen LogP contribution in [0, 0.1) is 0 Å². The smallest absolute Gasteiger partial charge is 0.244 e. The minimum Gasteiger partial charge on any atom is -0.493 e. The van der Waals surface area contributed by atoms with Crippen LogP contribution in [0.25, 0.3) is 6.08 Å². The second-order valence-electron chi connectivity index (χ2n) is 6.61. The van der Waals surface area contributed by atoms with Gasteiger partial charge in [0.15, 0.2) is 11.5 Å². The maximum atomic E-state index is 12.2. The van der Waals surface area contributed by atoms with E-state index in [-0.39, 0.29) is 5.91 Å². The SMILES string of the molecule is CCOc1cc(/C=C/C(=O)NCc2ccnc(N3CCCC3)c2)ccc1OC. The number of pyridine rings is 1. The molecule has 1 amide bonds. The molecule has 1 N–H and O–H groups in total. The van der Waals surface area contributed by atoms with E-state index in [9.17, 15) is 4.79 Å². The first-order chi connectivity index (χ1) is 13.7. The summed E-state index contributed by atoms with van der Waals surface area (Å²) in [7, 11) is 1.61. The number of aromatic nitrogens is 1. The van der Waals surface area contributed by atoms with E-state index in [1.54, 1.807) is 19.4 Å². The van der Waals surface area contributed by atoms with Crippen LogP contribution in [-0.2, 0) is 11.3 Å². The summed E-state index contributed by atoms with van der Waals surface area (Å²) in [5, 5.41) is 2.92. The number of amides is 1. The molecule has 1 saturated heterocycles. The quantitative estimate of drug-likeness (QED) is 0.710. The monoisotopic (exact) mass is 381 g/mol. The Bertz CT molecular complexity index is 830. The third-order valence-corrected chi connectivity index (χ3v) is 4.62. The second-order valence-corrected chi connectivity index (χ2v) is 6.61. The van der Waals surface area contributed by atoms with Crippen molar-refractivity contribution in [2.75, 3.05) is 31.7 Å². The Balaban J connectivity index is 1.57. The molecule has 0 atom stereocenters. The standard InChI is InChI=1S/C22H27N3O3/c1-3-28-20-14-17(6-8-19(20)27-2)7-9-22(26)24-16-18-10-11-23-21(15-18)25-12-4-5-13-25/h6-11,14-15H,3-5,12-13,16H2,1-2H3,(H,24,26)/b9-7+. The van der Waals surface area contributed by atoms with Crippen molar-refractivity contribution < 1.29 is 14.3 Å². The van der Waals surface area contributed by atoms with Gasteiger partial charge in [-0.15, -0.1) is 0 Å². The number of carbonyl (C=O) groups is 1. The molecule has 0 aliphatic carbocycles. The fourth-order valence-corrected chi connectivity index (χ4v) is 3.17. The van der Waals surface area contributed by atoms with Gasteiger partial charge < -0.3 is 19.7 Å². The van der Waals surface area contributed by atoms with Gasteiger partial charge in [0.2, 0.25) is 5.91 Å². The summed E-state index contributed by atoms with van der Waals surface area (Å²) < 4.78 is 10.8. The summed E-state index contributed by atoms with van der Waals surface area (Å²) in [5.74, 6) is 2.18. The number of methoxy groups -OCH3 is 1. The van der Waals surface area contributed by atoms with Crippen LogP contribution in [-0.4, -0.2) is 37.7 Å². The van der Waals surface area contributed by atoms with E-state index in [1.165, 1.54) is 18.9 Å². The lowest BCUT2D eigenvalue weighted by Gasteiger charge is -2.16. The molecule has 0 unspecified atom stereocenters. The Hall–Kier alpha value is -3.02.